The number of hydrogen-bond donors (Lipinski definition) is 3. The number of carbonyl (C=O) groups excluding carboxylic acids is 4. The summed E-state index contributed by atoms with van der Waals surface area (Å²) in [6, 6.07) is 3.83. The minimum Gasteiger partial charge on any atom is -0.508 e. The number of phenols is 1. The van der Waals surface area contributed by atoms with Gasteiger partial charge in [0.2, 0.25) is 11.8 Å². The number of nitrogens with zero attached hydrogens (tertiary/aromatic N) is 1. The topological polar surface area (TPSA) is 134 Å². The Balaban J connectivity index is 3.60. The number of carbonyl (C=O) groups is 4. The van der Waals surface area contributed by atoms with Crippen LogP contribution in [0.15, 0.2) is 24.3 Å². The quantitative estimate of drug-likeness (QED) is 0.437. The van der Waals surface area contributed by atoms with E-state index in [-0.39, 0.29) is 17.2 Å². The van der Waals surface area contributed by atoms with Crippen LogP contribution in [0.5, 0.6) is 5.75 Å². The van der Waals surface area contributed by atoms with Gasteiger partial charge >= 0.3 is 12.1 Å². The average molecular weight is 508 g/mol. The number of alkyl carbamates (subject to hydrolysis) is 1. The first-order valence-corrected chi connectivity index (χ1v) is 12.0. The molecule has 1 rings (SSSR count). The van der Waals surface area contributed by atoms with E-state index >= 15 is 0 Å². The number of aromatic hydroxyl groups is 1. The fraction of sp³-hybridized carbons (Fsp3) is 0.615. The van der Waals surface area contributed by atoms with Gasteiger partial charge in [-0.2, -0.15) is 0 Å². The minimum absolute atomic E-state index is 0.170. The molecule has 0 aliphatic carbocycles. The lowest BCUT2D eigenvalue weighted by Crippen LogP contribution is -2.60. The number of rotatable bonds is 9. The van der Waals surface area contributed by atoms with Crippen LogP contribution >= 0.6 is 0 Å². The molecule has 0 aliphatic rings. The summed E-state index contributed by atoms with van der Waals surface area (Å²) in [5.41, 5.74) is -1.54. The van der Waals surface area contributed by atoms with Gasteiger partial charge in [0.25, 0.3) is 0 Å². The van der Waals surface area contributed by atoms with Crippen LogP contribution in [0.2, 0.25) is 0 Å². The molecule has 0 radical (unpaired) electrons. The molecule has 0 saturated heterocycles. The molecule has 3 atom stereocenters. The standard InChI is InChI=1S/C26H41N3O7/c1-10-16(2)20(28-24(34)36-26(6,7)8)23(33)29(25(3,4)5)21(17-13-11-12-14-18(17)30)22(32)27-15-19(31)35-9/h11-14,16,20-21,30H,10,15H2,1-9H3,(H,27,32)(H,28,34). The second-order valence-corrected chi connectivity index (χ2v) is 10.6. The van der Waals surface area contributed by atoms with Gasteiger partial charge in [-0.25, -0.2) is 4.79 Å². The molecule has 0 bridgehead atoms. The zero-order valence-corrected chi connectivity index (χ0v) is 22.8. The highest BCUT2D eigenvalue weighted by atomic mass is 16.6. The molecule has 3 unspecified atom stereocenters. The van der Waals surface area contributed by atoms with Crippen LogP contribution in [0.25, 0.3) is 0 Å². The molecule has 202 valence electrons. The maximum absolute atomic E-state index is 14.1. The zero-order valence-electron chi connectivity index (χ0n) is 22.8. The monoisotopic (exact) mass is 507 g/mol. The van der Waals surface area contributed by atoms with E-state index in [1.807, 2.05) is 13.8 Å². The Morgan fingerprint density at radius 2 is 1.64 bits per heavy atom. The Hall–Kier alpha value is -3.30. The van der Waals surface area contributed by atoms with Crippen molar-refractivity contribution in [3.05, 3.63) is 29.8 Å². The van der Waals surface area contributed by atoms with E-state index in [1.165, 1.54) is 24.1 Å². The van der Waals surface area contributed by atoms with Crippen molar-refractivity contribution in [2.24, 2.45) is 5.92 Å². The summed E-state index contributed by atoms with van der Waals surface area (Å²) in [6.07, 6.45) is -0.204. The van der Waals surface area contributed by atoms with Gasteiger partial charge in [0, 0.05) is 11.1 Å². The maximum atomic E-state index is 14.1. The van der Waals surface area contributed by atoms with Crippen molar-refractivity contribution in [3.63, 3.8) is 0 Å². The van der Waals surface area contributed by atoms with Crippen LogP contribution < -0.4 is 10.6 Å². The highest BCUT2D eigenvalue weighted by Gasteiger charge is 2.43. The summed E-state index contributed by atoms with van der Waals surface area (Å²) in [5, 5.41) is 15.8. The van der Waals surface area contributed by atoms with Gasteiger partial charge in [-0.15, -0.1) is 0 Å². The molecule has 0 spiro atoms. The summed E-state index contributed by atoms with van der Waals surface area (Å²) in [7, 11) is 1.19. The van der Waals surface area contributed by atoms with Crippen molar-refractivity contribution in [2.75, 3.05) is 13.7 Å². The molecule has 10 nitrogen and oxygen atoms in total. The molecule has 0 aromatic heterocycles. The summed E-state index contributed by atoms with van der Waals surface area (Å²) in [6.45, 7) is 13.7. The Morgan fingerprint density at radius 3 is 2.11 bits per heavy atom. The fourth-order valence-corrected chi connectivity index (χ4v) is 3.56. The second-order valence-electron chi connectivity index (χ2n) is 10.6. The Morgan fingerprint density at radius 1 is 1.06 bits per heavy atom. The third-order valence-corrected chi connectivity index (χ3v) is 5.48. The number of ether oxygens (including phenoxy) is 2. The van der Waals surface area contributed by atoms with Crippen molar-refractivity contribution in [3.8, 4) is 5.75 Å². The smallest absolute Gasteiger partial charge is 0.408 e. The molecule has 3 amide bonds. The van der Waals surface area contributed by atoms with Crippen LogP contribution in [-0.2, 0) is 23.9 Å². The van der Waals surface area contributed by atoms with Crippen LogP contribution in [0, 0.1) is 5.92 Å². The van der Waals surface area contributed by atoms with Gasteiger partial charge in [0.15, 0.2) is 0 Å². The molecular weight excluding hydrogens is 466 g/mol. The first-order chi connectivity index (χ1) is 16.5. The average Bonchev–Trinajstić information content (AvgIpc) is 2.76. The van der Waals surface area contributed by atoms with Crippen LogP contribution in [0.3, 0.4) is 0 Å². The van der Waals surface area contributed by atoms with E-state index in [0.29, 0.717) is 6.42 Å². The zero-order chi connectivity index (χ0) is 27.8. The highest BCUT2D eigenvalue weighted by molar-refractivity contribution is 5.94. The van der Waals surface area contributed by atoms with E-state index in [0.717, 1.165) is 0 Å². The third-order valence-electron chi connectivity index (χ3n) is 5.48. The van der Waals surface area contributed by atoms with Crippen LogP contribution in [0.1, 0.15) is 73.4 Å². The predicted molar refractivity (Wildman–Crippen MR) is 135 cm³/mol. The van der Waals surface area contributed by atoms with Gasteiger partial charge < -0.3 is 30.1 Å². The van der Waals surface area contributed by atoms with Crippen LogP contribution in [-0.4, -0.2) is 64.7 Å². The highest BCUT2D eigenvalue weighted by Crippen LogP contribution is 2.35. The number of phenolic OH excluding ortho intramolecular Hbond substituents is 1. The molecule has 3 N–H and O–H groups in total. The van der Waals surface area contributed by atoms with E-state index in [2.05, 4.69) is 15.4 Å². The Labute approximate surface area is 213 Å². The molecule has 10 heteroatoms. The summed E-state index contributed by atoms with van der Waals surface area (Å²) >= 11 is 0. The molecular formula is C26H41N3O7. The van der Waals surface area contributed by atoms with Gasteiger partial charge in [-0.1, -0.05) is 38.5 Å². The molecule has 0 saturated carbocycles. The molecule has 1 aromatic carbocycles. The Bertz CT molecular complexity index is 934. The largest absolute Gasteiger partial charge is 0.508 e. The number of nitrogens with one attached hydrogen (secondary N) is 2. The second kappa shape index (κ2) is 12.6. The summed E-state index contributed by atoms with van der Waals surface area (Å²) in [5.74, 6) is -2.40. The number of amides is 3. The van der Waals surface area contributed by atoms with Crippen LogP contribution in [0.4, 0.5) is 4.79 Å². The van der Waals surface area contributed by atoms with E-state index in [1.54, 1.807) is 53.7 Å². The van der Waals surface area contributed by atoms with Crippen molar-refractivity contribution >= 4 is 23.9 Å². The third kappa shape index (κ3) is 8.73. The first-order valence-electron chi connectivity index (χ1n) is 12.0. The molecule has 36 heavy (non-hydrogen) atoms. The lowest BCUT2D eigenvalue weighted by atomic mass is 9.91. The van der Waals surface area contributed by atoms with E-state index < -0.39 is 53.6 Å². The Kier molecular flexibility index (Phi) is 10.8. The minimum atomic E-state index is -1.31. The lowest BCUT2D eigenvalue weighted by molar-refractivity contribution is -0.150. The molecule has 0 fully saturated rings. The summed E-state index contributed by atoms with van der Waals surface area (Å²) < 4.78 is 9.98. The summed E-state index contributed by atoms with van der Waals surface area (Å²) in [4.78, 5) is 53.2. The fourth-order valence-electron chi connectivity index (χ4n) is 3.56. The normalized spacial score (nSPS) is 14.1. The van der Waals surface area contributed by atoms with Gasteiger partial charge in [-0.05, 0) is 53.5 Å². The van der Waals surface area contributed by atoms with Crippen molar-refractivity contribution in [2.45, 2.75) is 85.0 Å². The van der Waals surface area contributed by atoms with Gasteiger partial charge in [-0.3, -0.25) is 14.4 Å². The number of methoxy groups -OCH3 is 1. The van der Waals surface area contributed by atoms with Crippen molar-refractivity contribution in [1.29, 1.82) is 0 Å². The van der Waals surface area contributed by atoms with Crippen molar-refractivity contribution < 1.29 is 33.8 Å². The molecule has 0 heterocycles. The molecule has 1 aromatic rings. The van der Waals surface area contributed by atoms with Gasteiger partial charge in [0.1, 0.15) is 30.0 Å². The van der Waals surface area contributed by atoms with E-state index in [4.69, 9.17) is 4.74 Å². The number of esters is 1. The van der Waals surface area contributed by atoms with E-state index in [9.17, 15) is 24.3 Å². The molecule has 0 aliphatic heterocycles. The first kappa shape index (κ1) is 30.7. The van der Waals surface area contributed by atoms with Gasteiger partial charge in [0.05, 0.1) is 7.11 Å². The SMILES string of the molecule is CCC(C)C(NC(=O)OC(C)(C)C)C(=O)N(C(C(=O)NCC(=O)OC)c1ccccc1O)C(C)(C)C. The maximum Gasteiger partial charge on any atom is 0.408 e. The number of benzene rings is 1. The van der Waals surface area contributed by atoms with Crippen molar-refractivity contribution in [1.82, 2.24) is 15.5 Å². The number of para-hydroxylation sites is 1. The lowest BCUT2D eigenvalue weighted by Gasteiger charge is -2.43. The predicted octanol–water partition coefficient (Wildman–Crippen LogP) is 3.29. The number of hydrogen-bond acceptors (Lipinski definition) is 7.